The Hall–Kier alpha value is -0.910. The number of rotatable bonds is 5. The third-order valence-corrected chi connectivity index (χ3v) is 5.16. The number of aliphatic hydroxyl groups is 1. The number of hydrogen-bond donors (Lipinski definition) is 2. The summed E-state index contributed by atoms with van der Waals surface area (Å²) in [5.74, 6) is 1.18. The highest BCUT2D eigenvalue weighted by Crippen LogP contribution is 2.32. The van der Waals surface area contributed by atoms with Gasteiger partial charge in [0.05, 0.1) is 13.2 Å². The molecule has 118 valence electrons. The Morgan fingerprint density at radius 3 is 3.19 bits per heavy atom. The molecule has 0 bridgehead atoms. The standard InChI is InChI=1S/C16H28N4O/c1-2-6-18-16(13-21)5-3-4-14(11-16)20-10-9-19-8-7-17-15(19)12-20/h7-8,14,18,21H,2-6,9-13H2,1H3. The maximum atomic E-state index is 9.91. The largest absolute Gasteiger partial charge is 0.394 e. The molecule has 2 N–H and O–H groups in total. The molecule has 0 saturated heterocycles. The van der Waals surface area contributed by atoms with Gasteiger partial charge in [-0.25, -0.2) is 4.98 Å². The normalized spacial score (nSPS) is 30.3. The van der Waals surface area contributed by atoms with Crippen molar-refractivity contribution in [2.24, 2.45) is 0 Å². The van der Waals surface area contributed by atoms with Crippen molar-refractivity contribution < 1.29 is 5.11 Å². The van der Waals surface area contributed by atoms with E-state index in [0.717, 1.165) is 45.4 Å². The van der Waals surface area contributed by atoms with Gasteiger partial charge in [0.1, 0.15) is 5.82 Å². The topological polar surface area (TPSA) is 53.3 Å². The second kappa shape index (κ2) is 6.46. The van der Waals surface area contributed by atoms with Crippen molar-refractivity contribution in [2.45, 2.75) is 63.7 Å². The molecule has 2 aliphatic rings. The van der Waals surface area contributed by atoms with Gasteiger partial charge in [-0.15, -0.1) is 0 Å². The second-order valence-corrected chi connectivity index (χ2v) is 6.62. The van der Waals surface area contributed by atoms with Crippen molar-refractivity contribution >= 4 is 0 Å². The second-order valence-electron chi connectivity index (χ2n) is 6.62. The molecule has 1 aliphatic carbocycles. The summed E-state index contributed by atoms with van der Waals surface area (Å²) in [5, 5.41) is 13.5. The van der Waals surface area contributed by atoms with Crippen LogP contribution in [0.4, 0.5) is 0 Å². The van der Waals surface area contributed by atoms with Crippen LogP contribution in [0.25, 0.3) is 0 Å². The van der Waals surface area contributed by atoms with Gasteiger partial charge in [-0.2, -0.15) is 0 Å². The van der Waals surface area contributed by atoms with Gasteiger partial charge in [-0.1, -0.05) is 6.92 Å². The molecule has 2 heterocycles. The van der Waals surface area contributed by atoms with Crippen LogP contribution in [-0.4, -0.2) is 50.8 Å². The lowest BCUT2D eigenvalue weighted by Crippen LogP contribution is -2.56. The quantitative estimate of drug-likeness (QED) is 0.861. The average Bonchev–Trinajstić information content (AvgIpc) is 3.00. The molecule has 1 aliphatic heterocycles. The van der Waals surface area contributed by atoms with Gasteiger partial charge in [0, 0.05) is 37.1 Å². The fourth-order valence-electron chi connectivity index (χ4n) is 3.90. The van der Waals surface area contributed by atoms with E-state index in [1.165, 1.54) is 18.7 Å². The number of fused-ring (bicyclic) bond motifs is 1. The number of aliphatic hydroxyl groups excluding tert-OH is 1. The SMILES string of the molecule is CCCNC1(CO)CCCC(N2CCn3ccnc3C2)C1. The van der Waals surface area contributed by atoms with Crippen molar-refractivity contribution in [1.29, 1.82) is 0 Å². The Morgan fingerprint density at radius 1 is 1.48 bits per heavy atom. The average molecular weight is 292 g/mol. The van der Waals surface area contributed by atoms with E-state index >= 15 is 0 Å². The van der Waals surface area contributed by atoms with Crippen molar-refractivity contribution in [3.05, 3.63) is 18.2 Å². The number of nitrogens with one attached hydrogen (secondary N) is 1. The number of nitrogens with zero attached hydrogens (tertiary/aromatic N) is 3. The van der Waals surface area contributed by atoms with Gasteiger partial charge >= 0.3 is 0 Å². The first-order chi connectivity index (χ1) is 10.3. The van der Waals surface area contributed by atoms with Crippen LogP contribution in [0.2, 0.25) is 0 Å². The Balaban J connectivity index is 1.66. The van der Waals surface area contributed by atoms with E-state index in [2.05, 4.69) is 32.9 Å². The summed E-state index contributed by atoms with van der Waals surface area (Å²) in [5.41, 5.74) is -0.0637. The maximum absolute atomic E-state index is 9.91. The lowest BCUT2D eigenvalue weighted by molar-refractivity contribution is 0.0464. The minimum absolute atomic E-state index is 0.0637. The molecule has 0 aromatic carbocycles. The summed E-state index contributed by atoms with van der Waals surface area (Å²) in [6, 6.07) is 0.570. The zero-order chi connectivity index (χ0) is 14.7. The first-order valence-electron chi connectivity index (χ1n) is 8.36. The van der Waals surface area contributed by atoms with Gasteiger partial charge in [-0.3, -0.25) is 4.90 Å². The zero-order valence-electron chi connectivity index (χ0n) is 13.1. The first kappa shape index (κ1) is 15.0. The molecule has 0 amide bonds. The summed E-state index contributed by atoms with van der Waals surface area (Å²) in [6.07, 6.45) is 9.71. The van der Waals surface area contributed by atoms with Crippen LogP contribution < -0.4 is 5.32 Å². The lowest BCUT2D eigenvalue weighted by Gasteiger charge is -2.45. The third kappa shape index (κ3) is 3.15. The van der Waals surface area contributed by atoms with Crippen molar-refractivity contribution in [2.75, 3.05) is 19.7 Å². The van der Waals surface area contributed by atoms with Crippen LogP contribution in [0.15, 0.2) is 12.4 Å². The molecule has 2 unspecified atom stereocenters. The summed E-state index contributed by atoms with van der Waals surface area (Å²) in [4.78, 5) is 7.03. The van der Waals surface area contributed by atoms with Gasteiger partial charge in [0.25, 0.3) is 0 Å². The lowest BCUT2D eigenvalue weighted by atomic mass is 9.78. The molecule has 2 atom stereocenters. The molecule has 1 fully saturated rings. The molecule has 0 radical (unpaired) electrons. The maximum Gasteiger partial charge on any atom is 0.122 e. The predicted molar refractivity (Wildman–Crippen MR) is 83.0 cm³/mol. The van der Waals surface area contributed by atoms with Gasteiger partial charge in [-0.05, 0) is 38.6 Å². The smallest absolute Gasteiger partial charge is 0.122 e. The molecule has 21 heavy (non-hydrogen) atoms. The van der Waals surface area contributed by atoms with Crippen molar-refractivity contribution in [1.82, 2.24) is 19.8 Å². The number of aromatic nitrogens is 2. The molecular weight excluding hydrogens is 264 g/mol. The molecule has 5 heteroatoms. The molecule has 1 aromatic heterocycles. The van der Waals surface area contributed by atoms with Crippen LogP contribution >= 0.6 is 0 Å². The van der Waals surface area contributed by atoms with Gasteiger partial charge in [0.2, 0.25) is 0 Å². The fourth-order valence-corrected chi connectivity index (χ4v) is 3.90. The molecule has 5 nitrogen and oxygen atoms in total. The summed E-state index contributed by atoms with van der Waals surface area (Å²) >= 11 is 0. The van der Waals surface area contributed by atoms with E-state index in [9.17, 15) is 5.11 Å². The highest BCUT2D eigenvalue weighted by atomic mass is 16.3. The van der Waals surface area contributed by atoms with Gasteiger partial charge in [0.15, 0.2) is 0 Å². The van der Waals surface area contributed by atoms with Crippen LogP contribution in [-0.2, 0) is 13.1 Å². The van der Waals surface area contributed by atoms with Gasteiger partial charge < -0.3 is 15.0 Å². The summed E-state index contributed by atoms with van der Waals surface area (Å²) in [7, 11) is 0. The third-order valence-electron chi connectivity index (χ3n) is 5.16. The predicted octanol–water partition coefficient (Wildman–Crippen LogP) is 1.37. The molecule has 1 saturated carbocycles. The van der Waals surface area contributed by atoms with E-state index in [1.54, 1.807) is 0 Å². The highest BCUT2D eigenvalue weighted by Gasteiger charge is 2.38. The molecule has 0 spiro atoms. The fraction of sp³-hybridized carbons (Fsp3) is 0.812. The Labute approximate surface area is 127 Å². The Kier molecular flexibility index (Phi) is 4.62. The molecule has 1 aromatic rings. The van der Waals surface area contributed by atoms with Crippen LogP contribution in [0.1, 0.15) is 44.9 Å². The van der Waals surface area contributed by atoms with Crippen molar-refractivity contribution in [3.63, 3.8) is 0 Å². The Morgan fingerprint density at radius 2 is 2.38 bits per heavy atom. The zero-order valence-corrected chi connectivity index (χ0v) is 13.1. The van der Waals surface area contributed by atoms with E-state index in [1.807, 2.05) is 6.20 Å². The van der Waals surface area contributed by atoms with E-state index in [0.29, 0.717) is 6.04 Å². The van der Waals surface area contributed by atoms with Crippen molar-refractivity contribution in [3.8, 4) is 0 Å². The summed E-state index contributed by atoms with van der Waals surface area (Å²) in [6.45, 7) is 6.53. The molecule has 3 rings (SSSR count). The highest BCUT2D eigenvalue weighted by molar-refractivity contribution is 5.00. The number of hydrogen-bond acceptors (Lipinski definition) is 4. The van der Waals surface area contributed by atoms with E-state index < -0.39 is 0 Å². The van der Waals surface area contributed by atoms with E-state index in [4.69, 9.17) is 0 Å². The monoisotopic (exact) mass is 292 g/mol. The van der Waals surface area contributed by atoms with E-state index in [-0.39, 0.29) is 12.1 Å². The minimum atomic E-state index is -0.0637. The minimum Gasteiger partial charge on any atom is -0.394 e. The van der Waals surface area contributed by atoms with Crippen LogP contribution in [0.5, 0.6) is 0 Å². The van der Waals surface area contributed by atoms with Crippen LogP contribution in [0, 0.1) is 0 Å². The summed E-state index contributed by atoms with van der Waals surface area (Å²) < 4.78 is 2.26. The Bertz CT molecular complexity index is 461. The molecular formula is C16H28N4O. The number of imidazole rings is 1. The first-order valence-corrected chi connectivity index (χ1v) is 8.36. The van der Waals surface area contributed by atoms with Crippen LogP contribution in [0.3, 0.4) is 0 Å².